The van der Waals surface area contributed by atoms with Crippen LogP contribution in [-0.2, 0) is 17.9 Å². The lowest BCUT2D eigenvalue weighted by Gasteiger charge is -2.16. The molecular formula is C28H32N4O2. The molecule has 0 atom stereocenters. The van der Waals surface area contributed by atoms with Crippen LogP contribution in [0.25, 0.3) is 34.0 Å². The van der Waals surface area contributed by atoms with Crippen LogP contribution in [0.15, 0.2) is 71.3 Å². The van der Waals surface area contributed by atoms with Gasteiger partial charge in [0.25, 0.3) is 5.89 Å². The Morgan fingerprint density at radius 2 is 1.82 bits per heavy atom. The van der Waals surface area contributed by atoms with Crippen molar-refractivity contribution in [2.45, 2.75) is 20.1 Å². The van der Waals surface area contributed by atoms with E-state index in [1.165, 1.54) is 16.7 Å². The lowest BCUT2D eigenvalue weighted by Crippen LogP contribution is -2.26. The van der Waals surface area contributed by atoms with E-state index in [1.54, 1.807) is 7.11 Å². The van der Waals surface area contributed by atoms with Gasteiger partial charge in [-0.15, -0.1) is 0 Å². The topological polar surface area (TPSA) is 63.4 Å². The minimum absolute atomic E-state index is 0.500. The highest BCUT2D eigenvalue weighted by Crippen LogP contribution is 2.31. The number of benzene rings is 3. The van der Waals surface area contributed by atoms with Crippen LogP contribution < -0.4 is 5.32 Å². The zero-order chi connectivity index (χ0) is 23.9. The maximum Gasteiger partial charge on any atom is 0.258 e. The van der Waals surface area contributed by atoms with Crippen molar-refractivity contribution in [3.05, 3.63) is 83.4 Å². The summed E-state index contributed by atoms with van der Waals surface area (Å²) in [5, 5.41) is 7.45. The fourth-order valence-electron chi connectivity index (χ4n) is 4.10. The molecule has 6 heteroatoms. The number of likely N-dealkylation sites (N-methyl/N-ethyl adjacent to an activating group) is 2. The summed E-state index contributed by atoms with van der Waals surface area (Å²) in [6.07, 6.45) is 0. The number of nitrogens with zero attached hydrogens (tertiary/aromatic N) is 3. The average Bonchev–Trinajstić information content (AvgIpc) is 3.34. The second-order valence-electron chi connectivity index (χ2n) is 8.58. The highest BCUT2D eigenvalue weighted by atomic mass is 16.5. The van der Waals surface area contributed by atoms with E-state index >= 15 is 0 Å². The predicted octanol–water partition coefficient (Wildman–Crippen LogP) is 5.18. The number of aromatic nitrogens is 2. The van der Waals surface area contributed by atoms with Gasteiger partial charge < -0.3 is 19.5 Å². The Morgan fingerprint density at radius 3 is 2.62 bits per heavy atom. The Bertz CT molecular complexity index is 1230. The van der Waals surface area contributed by atoms with Crippen LogP contribution in [0.1, 0.15) is 16.7 Å². The van der Waals surface area contributed by atoms with Crippen molar-refractivity contribution in [3.63, 3.8) is 0 Å². The molecule has 0 spiro atoms. The summed E-state index contributed by atoms with van der Waals surface area (Å²) in [5.74, 6) is 1.09. The smallest absolute Gasteiger partial charge is 0.258 e. The summed E-state index contributed by atoms with van der Waals surface area (Å²) in [5.41, 5.74) is 7.70. The first kappa shape index (κ1) is 23.8. The average molecular weight is 457 g/mol. The lowest BCUT2D eigenvalue weighted by atomic mass is 9.94. The van der Waals surface area contributed by atoms with E-state index in [9.17, 15) is 0 Å². The molecule has 0 aliphatic heterocycles. The molecule has 0 fully saturated rings. The number of rotatable bonds is 10. The maximum absolute atomic E-state index is 5.66. The Balaban J connectivity index is 1.59. The molecule has 1 heterocycles. The van der Waals surface area contributed by atoms with Crippen molar-refractivity contribution < 1.29 is 9.26 Å². The first-order valence-corrected chi connectivity index (χ1v) is 11.5. The van der Waals surface area contributed by atoms with Crippen LogP contribution in [0.2, 0.25) is 0 Å². The minimum atomic E-state index is 0.500. The van der Waals surface area contributed by atoms with Gasteiger partial charge in [0.2, 0.25) is 5.82 Å². The van der Waals surface area contributed by atoms with Crippen molar-refractivity contribution in [2.75, 3.05) is 34.3 Å². The van der Waals surface area contributed by atoms with E-state index in [0.717, 1.165) is 41.9 Å². The van der Waals surface area contributed by atoms with E-state index in [-0.39, 0.29) is 0 Å². The third-order valence-electron chi connectivity index (χ3n) is 5.89. The standard InChI is InChI=1S/C28H32N4O2/c1-20-8-5-6-11-25(20)26-13-12-23(17-24(26)19-33-4)28-30-27(31-34-28)22-10-7-9-21(16-22)18-32(3)15-14-29-2/h5-13,16-17,29H,14-15,18-19H2,1-4H3. The van der Waals surface area contributed by atoms with Crippen LogP contribution in [0.3, 0.4) is 0 Å². The Kier molecular flexibility index (Phi) is 7.85. The van der Waals surface area contributed by atoms with Gasteiger partial charge in [0, 0.05) is 37.9 Å². The number of nitrogens with one attached hydrogen (secondary N) is 1. The molecule has 4 aromatic rings. The molecule has 1 aromatic heterocycles. The summed E-state index contributed by atoms with van der Waals surface area (Å²) < 4.78 is 11.2. The fraction of sp³-hybridized carbons (Fsp3) is 0.286. The molecular weight excluding hydrogens is 424 g/mol. The molecule has 4 rings (SSSR count). The molecule has 0 amide bonds. The normalized spacial score (nSPS) is 11.3. The Morgan fingerprint density at radius 1 is 0.971 bits per heavy atom. The second-order valence-corrected chi connectivity index (χ2v) is 8.58. The van der Waals surface area contributed by atoms with Gasteiger partial charge in [-0.05, 0) is 67.0 Å². The molecule has 0 radical (unpaired) electrons. The molecule has 34 heavy (non-hydrogen) atoms. The largest absolute Gasteiger partial charge is 0.380 e. The molecule has 0 bridgehead atoms. The van der Waals surface area contributed by atoms with Crippen LogP contribution >= 0.6 is 0 Å². The van der Waals surface area contributed by atoms with E-state index in [1.807, 2.05) is 25.2 Å². The zero-order valence-electron chi connectivity index (χ0n) is 20.3. The van der Waals surface area contributed by atoms with Gasteiger partial charge in [0.15, 0.2) is 0 Å². The van der Waals surface area contributed by atoms with Gasteiger partial charge >= 0.3 is 0 Å². The molecule has 1 N–H and O–H groups in total. The van der Waals surface area contributed by atoms with E-state index < -0.39 is 0 Å². The second kappa shape index (κ2) is 11.2. The molecule has 3 aromatic carbocycles. The molecule has 0 aliphatic carbocycles. The van der Waals surface area contributed by atoms with Gasteiger partial charge in [-0.25, -0.2) is 0 Å². The van der Waals surface area contributed by atoms with Crippen molar-refractivity contribution in [3.8, 4) is 34.0 Å². The SMILES string of the molecule is CNCCN(C)Cc1cccc(-c2noc(-c3ccc(-c4ccccc4C)c(COC)c3)n2)c1. The van der Waals surface area contributed by atoms with Crippen molar-refractivity contribution in [2.24, 2.45) is 0 Å². The van der Waals surface area contributed by atoms with E-state index in [4.69, 9.17) is 14.2 Å². The van der Waals surface area contributed by atoms with Crippen LogP contribution in [0, 0.1) is 6.92 Å². The molecule has 0 saturated carbocycles. The lowest BCUT2D eigenvalue weighted by molar-refractivity contribution is 0.185. The molecule has 0 saturated heterocycles. The fourth-order valence-corrected chi connectivity index (χ4v) is 4.10. The van der Waals surface area contributed by atoms with E-state index in [2.05, 4.69) is 77.9 Å². The molecule has 0 unspecified atom stereocenters. The third kappa shape index (κ3) is 5.59. The van der Waals surface area contributed by atoms with Gasteiger partial charge in [0.05, 0.1) is 6.61 Å². The highest BCUT2D eigenvalue weighted by Gasteiger charge is 2.15. The summed E-state index contributed by atoms with van der Waals surface area (Å²) in [6, 6.07) is 22.9. The summed E-state index contributed by atoms with van der Waals surface area (Å²) in [7, 11) is 5.80. The summed E-state index contributed by atoms with van der Waals surface area (Å²) in [6.45, 7) is 5.42. The number of methoxy groups -OCH3 is 1. The summed E-state index contributed by atoms with van der Waals surface area (Å²) >= 11 is 0. The van der Waals surface area contributed by atoms with Crippen LogP contribution in [-0.4, -0.2) is 49.3 Å². The van der Waals surface area contributed by atoms with Gasteiger partial charge in [-0.1, -0.05) is 53.7 Å². The minimum Gasteiger partial charge on any atom is -0.380 e. The van der Waals surface area contributed by atoms with E-state index in [0.29, 0.717) is 18.3 Å². The Hall–Kier alpha value is -3.32. The maximum atomic E-state index is 5.66. The first-order valence-electron chi connectivity index (χ1n) is 11.5. The first-order chi connectivity index (χ1) is 16.6. The molecule has 176 valence electrons. The third-order valence-corrected chi connectivity index (χ3v) is 5.89. The highest BCUT2D eigenvalue weighted by molar-refractivity contribution is 5.74. The van der Waals surface area contributed by atoms with Gasteiger partial charge in [0.1, 0.15) is 0 Å². The summed E-state index contributed by atoms with van der Waals surface area (Å²) in [4.78, 5) is 6.98. The number of aryl methyl sites for hydroxylation is 1. The zero-order valence-corrected chi connectivity index (χ0v) is 20.3. The number of hydrogen-bond donors (Lipinski definition) is 1. The Labute approximate surface area is 201 Å². The molecule has 0 aliphatic rings. The van der Waals surface area contributed by atoms with Crippen molar-refractivity contribution in [1.82, 2.24) is 20.4 Å². The monoisotopic (exact) mass is 456 g/mol. The number of hydrogen-bond acceptors (Lipinski definition) is 6. The van der Waals surface area contributed by atoms with Crippen molar-refractivity contribution in [1.29, 1.82) is 0 Å². The van der Waals surface area contributed by atoms with Gasteiger partial charge in [-0.3, -0.25) is 0 Å². The van der Waals surface area contributed by atoms with Crippen molar-refractivity contribution >= 4 is 0 Å². The molecule has 6 nitrogen and oxygen atoms in total. The van der Waals surface area contributed by atoms with Crippen LogP contribution in [0.5, 0.6) is 0 Å². The van der Waals surface area contributed by atoms with Gasteiger partial charge in [-0.2, -0.15) is 4.98 Å². The number of ether oxygens (including phenoxy) is 1. The van der Waals surface area contributed by atoms with Crippen LogP contribution in [0.4, 0.5) is 0 Å². The predicted molar refractivity (Wildman–Crippen MR) is 136 cm³/mol. The quantitative estimate of drug-likeness (QED) is 0.355.